The molecule has 1 aromatic rings. The van der Waals surface area contributed by atoms with Gasteiger partial charge in [0.25, 0.3) is 5.91 Å². The number of nitrogens with two attached hydrogens (primary N) is 1. The average Bonchev–Trinajstić information content (AvgIpc) is 2.65. The zero-order chi connectivity index (χ0) is 16.7. The SMILES string of the molecule is CCC1(c2ccc(Cl)c(C)c2)NC(=O)N(CC(C)(C)N)C1=O. The first-order valence-corrected chi connectivity index (χ1v) is 7.68. The summed E-state index contributed by atoms with van der Waals surface area (Å²) < 4.78 is 0. The molecule has 1 aliphatic heterocycles. The molecule has 3 amide bonds. The number of carbonyl (C=O) groups excluding carboxylic acids is 2. The molecule has 5 nitrogen and oxygen atoms in total. The van der Waals surface area contributed by atoms with Gasteiger partial charge in [-0.1, -0.05) is 30.7 Å². The highest BCUT2D eigenvalue weighted by atomic mass is 35.5. The third-order valence-electron chi connectivity index (χ3n) is 3.92. The van der Waals surface area contributed by atoms with E-state index in [1.54, 1.807) is 26.0 Å². The van der Waals surface area contributed by atoms with Crippen molar-refractivity contribution >= 4 is 23.5 Å². The maximum atomic E-state index is 12.9. The van der Waals surface area contributed by atoms with E-state index in [0.29, 0.717) is 11.4 Å². The number of carbonyl (C=O) groups is 2. The standard InChI is InChI=1S/C16H22ClN3O2/c1-5-16(11-6-7-12(17)10(2)8-11)13(21)20(14(22)19-16)9-15(3,4)18/h6-8H,5,9,18H2,1-4H3,(H,19,22). The second-order valence-corrected chi connectivity index (χ2v) is 6.94. The Morgan fingerprint density at radius 1 is 1.36 bits per heavy atom. The molecule has 2 rings (SSSR count). The number of nitrogens with zero attached hydrogens (tertiary/aromatic N) is 1. The van der Waals surface area contributed by atoms with Crippen LogP contribution < -0.4 is 11.1 Å². The smallest absolute Gasteiger partial charge is 0.324 e. The molecule has 0 saturated carbocycles. The first kappa shape index (κ1) is 16.8. The number of aryl methyl sites for hydroxylation is 1. The van der Waals surface area contributed by atoms with Gasteiger partial charge in [-0.05, 0) is 44.4 Å². The van der Waals surface area contributed by atoms with Crippen molar-refractivity contribution in [3.63, 3.8) is 0 Å². The number of hydrogen-bond acceptors (Lipinski definition) is 3. The van der Waals surface area contributed by atoms with Crippen LogP contribution in [0.1, 0.15) is 38.3 Å². The van der Waals surface area contributed by atoms with E-state index in [0.717, 1.165) is 11.1 Å². The second kappa shape index (κ2) is 5.56. The van der Waals surface area contributed by atoms with E-state index in [2.05, 4.69) is 5.32 Å². The molecular formula is C16H22ClN3O2. The minimum Gasteiger partial charge on any atom is -0.324 e. The van der Waals surface area contributed by atoms with E-state index in [9.17, 15) is 9.59 Å². The van der Waals surface area contributed by atoms with Gasteiger partial charge in [0.2, 0.25) is 0 Å². The molecule has 3 N–H and O–H groups in total. The Kier molecular flexibility index (Phi) is 4.24. The molecular weight excluding hydrogens is 302 g/mol. The lowest BCUT2D eigenvalue weighted by Gasteiger charge is -2.28. The van der Waals surface area contributed by atoms with Crippen molar-refractivity contribution in [3.05, 3.63) is 34.3 Å². The topological polar surface area (TPSA) is 75.4 Å². The summed E-state index contributed by atoms with van der Waals surface area (Å²) in [6.45, 7) is 7.49. The molecule has 1 aromatic carbocycles. The predicted octanol–water partition coefficient (Wildman–Crippen LogP) is 2.54. The van der Waals surface area contributed by atoms with E-state index in [1.807, 2.05) is 19.9 Å². The fourth-order valence-electron chi connectivity index (χ4n) is 2.73. The van der Waals surface area contributed by atoms with E-state index >= 15 is 0 Å². The summed E-state index contributed by atoms with van der Waals surface area (Å²) in [5, 5.41) is 3.47. The van der Waals surface area contributed by atoms with Gasteiger partial charge in [-0.15, -0.1) is 0 Å². The van der Waals surface area contributed by atoms with Crippen molar-refractivity contribution in [1.29, 1.82) is 0 Å². The summed E-state index contributed by atoms with van der Waals surface area (Å²) in [5.41, 5.74) is 5.88. The summed E-state index contributed by atoms with van der Waals surface area (Å²) in [6.07, 6.45) is 0.458. The summed E-state index contributed by atoms with van der Waals surface area (Å²) in [7, 11) is 0. The van der Waals surface area contributed by atoms with Crippen molar-refractivity contribution in [1.82, 2.24) is 10.2 Å². The number of urea groups is 1. The predicted molar refractivity (Wildman–Crippen MR) is 86.7 cm³/mol. The highest BCUT2D eigenvalue weighted by Gasteiger charge is 2.51. The molecule has 1 heterocycles. The normalized spacial score (nSPS) is 22.2. The number of halogens is 1. The monoisotopic (exact) mass is 323 g/mol. The van der Waals surface area contributed by atoms with Crippen LogP contribution in [0, 0.1) is 6.92 Å². The molecule has 22 heavy (non-hydrogen) atoms. The van der Waals surface area contributed by atoms with Crippen LogP contribution in [-0.2, 0) is 10.3 Å². The molecule has 1 fully saturated rings. The highest BCUT2D eigenvalue weighted by Crippen LogP contribution is 2.34. The highest BCUT2D eigenvalue weighted by molar-refractivity contribution is 6.31. The van der Waals surface area contributed by atoms with Crippen LogP contribution in [0.5, 0.6) is 0 Å². The van der Waals surface area contributed by atoms with Crippen molar-refractivity contribution in [2.45, 2.75) is 45.2 Å². The molecule has 0 radical (unpaired) electrons. The van der Waals surface area contributed by atoms with Crippen molar-refractivity contribution in [2.24, 2.45) is 5.73 Å². The van der Waals surface area contributed by atoms with Crippen molar-refractivity contribution < 1.29 is 9.59 Å². The number of benzene rings is 1. The largest absolute Gasteiger partial charge is 0.325 e. The molecule has 1 atom stereocenters. The lowest BCUT2D eigenvalue weighted by Crippen LogP contribution is -2.49. The summed E-state index contributed by atoms with van der Waals surface area (Å²) >= 11 is 6.06. The van der Waals surface area contributed by atoms with Crippen LogP contribution in [0.25, 0.3) is 0 Å². The number of imide groups is 1. The van der Waals surface area contributed by atoms with Crippen LogP contribution >= 0.6 is 11.6 Å². The van der Waals surface area contributed by atoms with Gasteiger partial charge in [0.05, 0.1) is 0 Å². The first-order chi connectivity index (χ1) is 10.1. The van der Waals surface area contributed by atoms with E-state index in [-0.39, 0.29) is 12.5 Å². The Morgan fingerprint density at radius 2 is 2.00 bits per heavy atom. The van der Waals surface area contributed by atoms with Crippen LogP contribution in [0.2, 0.25) is 5.02 Å². The molecule has 120 valence electrons. The number of nitrogens with one attached hydrogen (secondary N) is 1. The van der Waals surface area contributed by atoms with Gasteiger partial charge in [0, 0.05) is 17.1 Å². The van der Waals surface area contributed by atoms with Gasteiger partial charge in [-0.3, -0.25) is 9.69 Å². The minimum atomic E-state index is -1.04. The summed E-state index contributed by atoms with van der Waals surface area (Å²) in [5.74, 6) is -0.264. The molecule has 0 spiro atoms. The Labute approximate surface area is 135 Å². The zero-order valence-corrected chi connectivity index (χ0v) is 14.1. The molecule has 6 heteroatoms. The Hall–Kier alpha value is -1.59. The molecule has 0 bridgehead atoms. The van der Waals surface area contributed by atoms with Gasteiger partial charge < -0.3 is 11.1 Å². The molecule has 0 aromatic heterocycles. The molecule has 1 aliphatic rings. The fourth-order valence-corrected chi connectivity index (χ4v) is 2.84. The van der Waals surface area contributed by atoms with Gasteiger partial charge in [-0.2, -0.15) is 0 Å². The Balaban J connectivity index is 2.44. The summed E-state index contributed by atoms with van der Waals surface area (Å²) in [4.78, 5) is 26.4. The van der Waals surface area contributed by atoms with Crippen LogP contribution in [-0.4, -0.2) is 28.9 Å². The molecule has 0 aliphatic carbocycles. The average molecular weight is 324 g/mol. The fraction of sp³-hybridized carbons (Fsp3) is 0.500. The van der Waals surface area contributed by atoms with Crippen molar-refractivity contribution in [3.8, 4) is 0 Å². The number of hydrogen-bond donors (Lipinski definition) is 2. The van der Waals surface area contributed by atoms with E-state index < -0.39 is 17.1 Å². The Morgan fingerprint density at radius 3 is 2.50 bits per heavy atom. The van der Waals surface area contributed by atoms with E-state index in [1.165, 1.54) is 4.90 Å². The van der Waals surface area contributed by atoms with Crippen LogP contribution in [0.3, 0.4) is 0 Å². The van der Waals surface area contributed by atoms with Gasteiger partial charge >= 0.3 is 6.03 Å². The van der Waals surface area contributed by atoms with Crippen molar-refractivity contribution in [2.75, 3.05) is 6.54 Å². The summed E-state index contributed by atoms with van der Waals surface area (Å²) in [6, 6.07) is 4.98. The maximum Gasteiger partial charge on any atom is 0.325 e. The Bertz CT molecular complexity index is 624. The third kappa shape index (κ3) is 2.83. The maximum absolute atomic E-state index is 12.9. The number of rotatable bonds is 4. The lowest BCUT2D eigenvalue weighted by atomic mass is 9.86. The number of amides is 3. The van der Waals surface area contributed by atoms with E-state index in [4.69, 9.17) is 17.3 Å². The van der Waals surface area contributed by atoms with Gasteiger partial charge in [-0.25, -0.2) is 4.79 Å². The van der Waals surface area contributed by atoms with Crippen LogP contribution in [0.4, 0.5) is 4.79 Å². The quantitative estimate of drug-likeness (QED) is 0.836. The lowest BCUT2D eigenvalue weighted by molar-refractivity contribution is -0.132. The van der Waals surface area contributed by atoms with Crippen LogP contribution in [0.15, 0.2) is 18.2 Å². The van der Waals surface area contributed by atoms with Gasteiger partial charge in [0.15, 0.2) is 0 Å². The minimum absolute atomic E-state index is 0.173. The zero-order valence-electron chi connectivity index (χ0n) is 13.4. The third-order valence-corrected chi connectivity index (χ3v) is 4.35. The first-order valence-electron chi connectivity index (χ1n) is 7.30. The molecule has 1 unspecified atom stereocenters. The molecule has 1 saturated heterocycles. The second-order valence-electron chi connectivity index (χ2n) is 6.53. The van der Waals surface area contributed by atoms with Gasteiger partial charge in [0.1, 0.15) is 5.54 Å².